The average Bonchev–Trinajstić information content (AvgIpc) is 2.59. The molecule has 1 aromatic carbocycles. The van der Waals surface area contributed by atoms with Crippen molar-refractivity contribution >= 4 is 27.3 Å². The number of hydrazine groups is 1. The lowest BCUT2D eigenvalue weighted by Gasteiger charge is -2.41. The molecule has 0 amide bonds. The van der Waals surface area contributed by atoms with E-state index in [0.29, 0.717) is 35.8 Å². The Morgan fingerprint density at radius 2 is 1.89 bits per heavy atom. The van der Waals surface area contributed by atoms with Gasteiger partial charge in [-0.25, -0.2) is 13.1 Å². The summed E-state index contributed by atoms with van der Waals surface area (Å²) in [5, 5.41) is 13.7. The minimum absolute atomic E-state index is 0.152. The number of nitrogens with one attached hydrogen (secondary N) is 2. The van der Waals surface area contributed by atoms with E-state index in [9.17, 15) is 13.6 Å². The quantitative estimate of drug-likeness (QED) is 0.655. The fraction of sp³-hybridized carbons (Fsp3) is 0.667. The summed E-state index contributed by atoms with van der Waals surface area (Å²) < 4.78 is 31.3. The fourth-order valence-electron chi connectivity index (χ4n) is 2.98. The van der Waals surface area contributed by atoms with Crippen LogP contribution in [-0.2, 0) is 10.0 Å². The van der Waals surface area contributed by atoms with Crippen molar-refractivity contribution in [2.75, 3.05) is 19.1 Å². The van der Waals surface area contributed by atoms with Crippen molar-refractivity contribution in [2.24, 2.45) is 5.92 Å². The van der Waals surface area contributed by atoms with Crippen molar-refractivity contribution in [1.82, 2.24) is 9.89 Å². The Labute approximate surface area is 167 Å². The number of rotatable bonds is 7. The molecule has 1 fully saturated rings. The number of sulfonamides is 1. The molecule has 0 aliphatic heterocycles. The monoisotopic (exact) mass is 418 g/mol. The molecule has 0 bridgehead atoms. The molecule has 9 heteroatoms. The van der Waals surface area contributed by atoms with E-state index < -0.39 is 14.8 Å². The van der Waals surface area contributed by atoms with Gasteiger partial charge < -0.3 is 15.4 Å². The molecule has 1 aromatic rings. The smallest absolute Gasteiger partial charge is 0.216 e. The van der Waals surface area contributed by atoms with Crippen molar-refractivity contribution in [3.63, 3.8) is 0 Å². The molecule has 154 valence electrons. The van der Waals surface area contributed by atoms with Gasteiger partial charge in [0.15, 0.2) is 0 Å². The molecule has 0 atom stereocenters. The third-order valence-corrected chi connectivity index (χ3v) is 7.36. The van der Waals surface area contributed by atoms with Crippen LogP contribution in [0.3, 0.4) is 0 Å². The Kier molecular flexibility index (Phi) is 7.38. The van der Waals surface area contributed by atoms with Crippen LogP contribution in [0.1, 0.15) is 46.5 Å². The van der Waals surface area contributed by atoms with Gasteiger partial charge >= 0.3 is 0 Å². The van der Waals surface area contributed by atoms with Gasteiger partial charge in [0.2, 0.25) is 10.0 Å². The molecule has 0 unspecified atom stereocenters. The lowest BCUT2D eigenvalue weighted by molar-refractivity contribution is 0.211. The molecule has 2 rings (SSSR count). The molecule has 2 N–H and O–H groups in total. The highest BCUT2D eigenvalue weighted by Gasteiger charge is 2.30. The van der Waals surface area contributed by atoms with E-state index in [0.717, 1.165) is 18.0 Å². The number of ether oxygens (including phenoxy) is 1. The van der Waals surface area contributed by atoms with Gasteiger partial charge in [-0.05, 0) is 70.6 Å². The van der Waals surface area contributed by atoms with Crippen molar-refractivity contribution in [1.29, 1.82) is 0 Å². The van der Waals surface area contributed by atoms with Crippen LogP contribution in [0.25, 0.3) is 0 Å². The number of methoxy groups -OCH3 is 1. The number of nitrogens with zero attached hydrogens (tertiary/aromatic N) is 1. The topological polar surface area (TPSA) is 93.7 Å². The van der Waals surface area contributed by atoms with Gasteiger partial charge in [0.1, 0.15) is 5.75 Å². The predicted molar refractivity (Wildman–Crippen MR) is 109 cm³/mol. The number of hydroxylamine groups is 1. The highest BCUT2D eigenvalue weighted by molar-refractivity contribution is 7.90. The van der Waals surface area contributed by atoms with Crippen molar-refractivity contribution in [3.05, 3.63) is 28.4 Å². The zero-order valence-corrected chi connectivity index (χ0v) is 17.9. The van der Waals surface area contributed by atoms with Crippen molar-refractivity contribution in [3.8, 4) is 5.75 Å². The summed E-state index contributed by atoms with van der Waals surface area (Å²) >= 11 is 6.08. The van der Waals surface area contributed by atoms with Gasteiger partial charge in [-0.2, -0.15) is 0 Å². The van der Waals surface area contributed by atoms with Gasteiger partial charge in [0, 0.05) is 18.3 Å². The molecular formula is C18H29ClN3O4S-. The maximum atomic E-state index is 12.4. The predicted octanol–water partition coefficient (Wildman–Crippen LogP) is 3.75. The second kappa shape index (κ2) is 8.96. The lowest BCUT2D eigenvalue weighted by atomic mass is 9.86. The Hall–Kier alpha value is -1.06. The first-order valence-corrected chi connectivity index (χ1v) is 11.0. The number of benzene rings is 1. The molecule has 0 saturated heterocycles. The van der Waals surface area contributed by atoms with Gasteiger partial charge in [-0.1, -0.05) is 11.6 Å². The standard InChI is InChI=1S/C18H29ClN3O4S/c1-18(2,3)27(24,25)20-12-13-5-8-15(9-6-13)22(23)21-14-7-10-17(26-4)16(19)11-14/h7,10-11,13,15,20-21H,5-6,8-9,12H2,1-4H3/q-1. The third kappa shape index (κ3) is 5.96. The normalized spacial score (nSPS) is 21.3. The molecule has 1 saturated carbocycles. The zero-order chi connectivity index (χ0) is 20.2. The highest BCUT2D eigenvalue weighted by Crippen LogP contribution is 2.30. The van der Waals surface area contributed by atoms with E-state index in [1.165, 1.54) is 7.11 Å². The summed E-state index contributed by atoms with van der Waals surface area (Å²) in [6.07, 6.45) is 3.03. The maximum Gasteiger partial charge on any atom is 0.216 e. The summed E-state index contributed by atoms with van der Waals surface area (Å²) in [6.45, 7) is 5.46. The molecule has 0 aromatic heterocycles. The molecule has 27 heavy (non-hydrogen) atoms. The first kappa shape index (κ1) is 22.2. The van der Waals surface area contributed by atoms with Crippen LogP contribution < -0.4 is 14.9 Å². The highest BCUT2D eigenvalue weighted by atomic mass is 35.5. The summed E-state index contributed by atoms with van der Waals surface area (Å²) in [6, 6.07) is 4.94. The molecule has 1 aliphatic carbocycles. The molecule has 0 heterocycles. The number of anilines is 1. The van der Waals surface area contributed by atoms with Crippen LogP contribution in [0.2, 0.25) is 5.02 Å². The van der Waals surface area contributed by atoms with Crippen LogP contribution in [0, 0.1) is 11.1 Å². The molecule has 0 radical (unpaired) electrons. The first-order chi connectivity index (χ1) is 12.5. The fourth-order valence-corrected chi connectivity index (χ4v) is 4.13. The van der Waals surface area contributed by atoms with E-state index in [1.54, 1.807) is 39.0 Å². The first-order valence-electron chi connectivity index (χ1n) is 9.09. The van der Waals surface area contributed by atoms with E-state index in [2.05, 4.69) is 10.1 Å². The number of halogens is 1. The molecule has 0 spiro atoms. The SMILES string of the molecule is COc1ccc(NN([O-])C2CCC(CNS(=O)(=O)C(C)(C)C)CC2)cc1Cl. The van der Waals surface area contributed by atoms with Crippen LogP contribution in [0.4, 0.5) is 5.69 Å². The minimum Gasteiger partial charge on any atom is -0.767 e. The second-order valence-corrected chi connectivity index (χ2v) is 10.9. The zero-order valence-electron chi connectivity index (χ0n) is 16.3. The largest absolute Gasteiger partial charge is 0.767 e. The maximum absolute atomic E-state index is 12.4. The van der Waals surface area contributed by atoms with Gasteiger partial charge in [0.05, 0.1) is 16.9 Å². The summed E-state index contributed by atoms with van der Waals surface area (Å²) in [7, 11) is -1.80. The average molecular weight is 419 g/mol. The second-order valence-electron chi connectivity index (χ2n) is 7.93. The molecular weight excluding hydrogens is 390 g/mol. The summed E-state index contributed by atoms with van der Waals surface area (Å²) in [5.74, 6) is 0.806. The minimum atomic E-state index is -3.33. The van der Waals surface area contributed by atoms with Gasteiger partial charge in [-0.15, -0.1) is 0 Å². The van der Waals surface area contributed by atoms with E-state index in [1.807, 2.05) is 0 Å². The van der Waals surface area contributed by atoms with Crippen LogP contribution in [0.15, 0.2) is 18.2 Å². The summed E-state index contributed by atoms with van der Waals surface area (Å²) in [5.41, 5.74) is 3.43. The van der Waals surface area contributed by atoms with Crippen molar-refractivity contribution in [2.45, 2.75) is 57.2 Å². The van der Waals surface area contributed by atoms with Gasteiger partial charge in [-0.3, -0.25) is 5.17 Å². The van der Waals surface area contributed by atoms with Crippen LogP contribution >= 0.6 is 11.6 Å². The van der Waals surface area contributed by atoms with Crippen LogP contribution in [0.5, 0.6) is 5.75 Å². The van der Waals surface area contributed by atoms with E-state index in [-0.39, 0.29) is 12.0 Å². The Morgan fingerprint density at radius 1 is 1.26 bits per heavy atom. The number of hydrogen-bond donors (Lipinski definition) is 2. The Morgan fingerprint density at radius 3 is 2.41 bits per heavy atom. The molecule has 7 nitrogen and oxygen atoms in total. The Bertz CT molecular complexity index is 729. The lowest BCUT2D eigenvalue weighted by Crippen LogP contribution is -2.43. The number of hydrogen-bond acceptors (Lipinski definition) is 6. The van der Waals surface area contributed by atoms with Crippen molar-refractivity contribution < 1.29 is 13.2 Å². The van der Waals surface area contributed by atoms with Gasteiger partial charge in [0.25, 0.3) is 0 Å². The molecule has 1 aliphatic rings. The Balaban J connectivity index is 1.82. The van der Waals surface area contributed by atoms with E-state index in [4.69, 9.17) is 16.3 Å². The summed E-state index contributed by atoms with van der Waals surface area (Å²) in [4.78, 5) is 0. The van der Waals surface area contributed by atoms with E-state index >= 15 is 0 Å². The third-order valence-electron chi connectivity index (χ3n) is 4.91. The van der Waals surface area contributed by atoms with Crippen LogP contribution in [-0.4, -0.2) is 38.0 Å².